The summed E-state index contributed by atoms with van der Waals surface area (Å²) in [6.45, 7) is 5.28. The Morgan fingerprint density at radius 1 is 1.10 bits per heavy atom. The number of nitrogens with one attached hydrogen (secondary N) is 2. The van der Waals surface area contributed by atoms with Crippen LogP contribution in [-0.2, 0) is 22.4 Å². The first kappa shape index (κ1) is 22.7. The van der Waals surface area contributed by atoms with Crippen LogP contribution in [0.25, 0.3) is 0 Å². The minimum Gasteiger partial charge on any atom is -0.347 e. The lowest BCUT2D eigenvalue weighted by atomic mass is 10.1. The summed E-state index contributed by atoms with van der Waals surface area (Å²) in [5.41, 5.74) is 3.65. The van der Waals surface area contributed by atoms with E-state index in [2.05, 4.69) is 20.6 Å². The summed E-state index contributed by atoms with van der Waals surface area (Å²) < 4.78 is 24.9. The molecule has 0 spiro atoms. The number of aromatic nitrogens is 2. The molecular weight excluding hydrogens is 398 g/mol. The van der Waals surface area contributed by atoms with Crippen LogP contribution in [-0.4, -0.2) is 34.1 Å². The van der Waals surface area contributed by atoms with Gasteiger partial charge in [-0.1, -0.05) is 25.1 Å². The third-order valence-corrected chi connectivity index (χ3v) is 4.89. The van der Waals surface area contributed by atoms with Crippen LogP contribution in [0.3, 0.4) is 0 Å². The van der Waals surface area contributed by atoms with Gasteiger partial charge >= 0.3 is 0 Å². The van der Waals surface area contributed by atoms with Crippen LogP contribution < -0.4 is 10.6 Å². The molecule has 1 aromatic carbocycles. The number of alkyl halides is 2. The maximum absolute atomic E-state index is 12.5. The summed E-state index contributed by atoms with van der Waals surface area (Å²) in [6, 6.07) is 7.50. The van der Waals surface area contributed by atoms with Crippen molar-refractivity contribution in [2.45, 2.75) is 50.9 Å². The number of hydrogen-bond donors (Lipinski definition) is 2. The fraction of sp³-hybridized carbons (Fsp3) is 0.400. The second-order valence-electron chi connectivity index (χ2n) is 6.37. The van der Waals surface area contributed by atoms with Crippen molar-refractivity contribution < 1.29 is 18.4 Å². The number of para-hydroxylation sites is 1. The molecule has 0 bridgehead atoms. The summed E-state index contributed by atoms with van der Waals surface area (Å²) in [5, 5.41) is 5.41. The van der Waals surface area contributed by atoms with Gasteiger partial charge in [0.05, 0.1) is 6.54 Å². The number of benzene rings is 1. The van der Waals surface area contributed by atoms with E-state index in [1.54, 1.807) is 13.8 Å². The summed E-state index contributed by atoms with van der Waals surface area (Å²) in [5.74, 6) is -3.17. The molecule has 0 saturated heterocycles. The molecule has 0 radical (unpaired) electrons. The highest BCUT2D eigenvalue weighted by Crippen LogP contribution is 2.24. The lowest BCUT2D eigenvalue weighted by Gasteiger charge is -2.12. The molecule has 1 aromatic heterocycles. The van der Waals surface area contributed by atoms with Crippen molar-refractivity contribution in [3.05, 3.63) is 46.8 Å². The Morgan fingerprint density at radius 2 is 1.76 bits per heavy atom. The second-order valence-corrected chi connectivity index (χ2v) is 7.33. The minimum absolute atomic E-state index is 0.0206. The standard InChI is InChI=1S/C20H24F2N4O2S/c1-4-14-7-5-6-8-16(14)26-18(28)11-23-17(27)10-9-15-12(2)24-20(25-13(15)3)29-19(21)22/h5-8,19H,4,9-11H2,1-3H3,(H,23,27)(H,26,28). The fourth-order valence-electron chi connectivity index (χ4n) is 2.85. The van der Waals surface area contributed by atoms with Crippen LogP contribution >= 0.6 is 11.8 Å². The van der Waals surface area contributed by atoms with Crippen LogP contribution in [0, 0.1) is 13.8 Å². The smallest absolute Gasteiger partial charge is 0.291 e. The SMILES string of the molecule is CCc1ccccc1NC(=O)CNC(=O)CCc1c(C)nc(SC(F)F)nc1C. The number of halogens is 2. The number of carbonyl (C=O) groups excluding carboxylic acids is 2. The van der Waals surface area contributed by atoms with Crippen molar-refractivity contribution in [3.63, 3.8) is 0 Å². The number of amides is 2. The molecule has 156 valence electrons. The first-order chi connectivity index (χ1) is 13.8. The van der Waals surface area contributed by atoms with Crippen molar-refractivity contribution in [2.24, 2.45) is 0 Å². The third kappa shape index (κ3) is 7.08. The summed E-state index contributed by atoms with van der Waals surface area (Å²) in [6.07, 6.45) is 1.30. The number of anilines is 1. The average Bonchev–Trinajstić information content (AvgIpc) is 2.65. The summed E-state index contributed by atoms with van der Waals surface area (Å²) in [4.78, 5) is 32.3. The molecule has 0 aliphatic carbocycles. The van der Waals surface area contributed by atoms with E-state index in [9.17, 15) is 18.4 Å². The highest BCUT2D eigenvalue weighted by Gasteiger charge is 2.14. The van der Waals surface area contributed by atoms with Crippen LogP contribution in [0.2, 0.25) is 0 Å². The number of carbonyl (C=O) groups is 2. The lowest BCUT2D eigenvalue weighted by molar-refractivity contribution is -0.124. The molecule has 1 heterocycles. The van der Waals surface area contributed by atoms with Gasteiger partial charge < -0.3 is 10.6 Å². The zero-order valence-corrected chi connectivity index (χ0v) is 17.4. The Hall–Kier alpha value is -2.55. The van der Waals surface area contributed by atoms with Gasteiger partial charge in [0.1, 0.15) is 0 Å². The monoisotopic (exact) mass is 422 g/mol. The number of hydrogen-bond acceptors (Lipinski definition) is 5. The van der Waals surface area contributed by atoms with E-state index < -0.39 is 5.76 Å². The molecule has 0 fully saturated rings. The molecule has 0 atom stereocenters. The Bertz CT molecular complexity index is 854. The summed E-state index contributed by atoms with van der Waals surface area (Å²) >= 11 is 0.295. The molecule has 2 aromatic rings. The van der Waals surface area contributed by atoms with E-state index in [1.807, 2.05) is 31.2 Å². The fourth-order valence-corrected chi connectivity index (χ4v) is 3.39. The average molecular weight is 423 g/mol. The highest BCUT2D eigenvalue weighted by molar-refractivity contribution is 7.99. The molecule has 2 rings (SSSR count). The van der Waals surface area contributed by atoms with Crippen molar-refractivity contribution in [1.29, 1.82) is 0 Å². The molecule has 0 aliphatic rings. The van der Waals surface area contributed by atoms with Gasteiger partial charge in [0.2, 0.25) is 11.8 Å². The molecule has 2 amide bonds. The normalized spacial score (nSPS) is 10.8. The number of thioether (sulfide) groups is 1. The van der Waals surface area contributed by atoms with Crippen LogP contribution in [0.15, 0.2) is 29.4 Å². The molecule has 0 aliphatic heterocycles. The van der Waals surface area contributed by atoms with E-state index >= 15 is 0 Å². The molecule has 2 N–H and O–H groups in total. The van der Waals surface area contributed by atoms with Gasteiger partial charge in [-0.25, -0.2) is 9.97 Å². The zero-order valence-electron chi connectivity index (χ0n) is 16.6. The van der Waals surface area contributed by atoms with Gasteiger partial charge in [-0.15, -0.1) is 0 Å². The van der Waals surface area contributed by atoms with Gasteiger partial charge in [0.15, 0.2) is 5.16 Å². The predicted molar refractivity (Wildman–Crippen MR) is 109 cm³/mol. The second kappa shape index (κ2) is 10.8. The number of rotatable bonds is 9. The van der Waals surface area contributed by atoms with Crippen molar-refractivity contribution in [2.75, 3.05) is 11.9 Å². The van der Waals surface area contributed by atoms with E-state index in [4.69, 9.17) is 0 Å². The van der Waals surface area contributed by atoms with Crippen molar-refractivity contribution in [1.82, 2.24) is 15.3 Å². The molecule has 0 saturated carbocycles. The largest absolute Gasteiger partial charge is 0.347 e. The van der Waals surface area contributed by atoms with Gasteiger partial charge in [-0.2, -0.15) is 8.78 Å². The van der Waals surface area contributed by atoms with Crippen molar-refractivity contribution >= 4 is 29.3 Å². The van der Waals surface area contributed by atoms with E-state index in [-0.39, 0.29) is 29.9 Å². The van der Waals surface area contributed by atoms with Crippen LogP contribution in [0.1, 0.15) is 35.9 Å². The van der Waals surface area contributed by atoms with E-state index in [0.29, 0.717) is 29.6 Å². The topological polar surface area (TPSA) is 84.0 Å². The Morgan fingerprint density at radius 3 is 2.38 bits per heavy atom. The van der Waals surface area contributed by atoms with Gasteiger partial charge in [0, 0.05) is 23.5 Å². The maximum Gasteiger partial charge on any atom is 0.291 e. The quantitative estimate of drug-likeness (QED) is 0.476. The van der Waals surface area contributed by atoms with E-state index in [1.165, 1.54) is 0 Å². The van der Waals surface area contributed by atoms with Gasteiger partial charge in [0.25, 0.3) is 5.76 Å². The number of nitrogens with zero attached hydrogens (tertiary/aromatic N) is 2. The Labute approximate surface area is 172 Å². The first-order valence-corrected chi connectivity index (χ1v) is 10.1. The Kier molecular flexibility index (Phi) is 8.50. The molecule has 0 unspecified atom stereocenters. The zero-order chi connectivity index (χ0) is 21.4. The lowest BCUT2D eigenvalue weighted by Crippen LogP contribution is -2.33. The van der Waals surface area contributed by atoms with E-state index in [0.717, 1.165) is 23.2 Å². The van der Waals surface area contributed by atoms with Gasteiger partial charge in [-0.05, 0) is 55.6 Å². The highest BCUT2D eigenvalue weighted by atomic mass is 32.2. The maximum atomic E-state index is 12.5. The first-order valence-electron chi connectivity index (χ1n) is 9.23. The summed E-state index contributed by atoms with van der Waals surface area (Å²) in [7, 11) is 0. The molecule has 29 heavy (non-hydrogen) atoms. The molecular formula is C20H24F2N4O2S. The van der Waals surface area contributed by atoms with Crippen LogP contribution in [0.5, 0.6) is 0 Å². The van der Waals surface area contributed by atoms with Crippen molar-refractivity contribution in [3.8, 4) is 0 Å². The Balaban J connectivity index is 1.85. The third-order valence-electron chi connectivity index (χ3n) is 4.32. The molecule has 6 nitrogen and oxygen atoms in total. The minimum atomic E-state index is -2.58. The molecule has 9 heteroatoms. The van der Waals surface area contributed by atoms with Crippen LogP contribution in [0.4, 0.5) is 14.5 Å². The van der Waals surface area contributed by atoms with Gasteiger partial charge in [-0.3, -0.25) is 9.59 Å². The predicted octanol–water partition coefficient (Wildman–Crippen LogP) is 3.66. The number of aryl methyl sites for hydroxylation is 3.